The van der Waals surface area contributed by atoms with Crippen LogP contribution in [-0.4, -0.2) is 33.8 Å². The second kappa shape index (κ2) is 4.78. The summed E-state index contributed by atoms with van der Waals surface area (Å²) in [7, 11) is 1.96. The van der Waals surface area contributed by atoms with Crippen molar-refractivity contribution in [2.24, 2.45) is 24.6 Å². The van der Waals surface area contributed by atoms with Gasteiger partial charge in [-0.3, -0.25) is 9.58 Å². The Labute approximate surface area is 104 Å². The number of aryl methyl sites for hydroxylation is 1. The summed E-state index contributed by atoms with van der Waals surface area (Å²) in [6.45, 7) is 9.02. The molecule has 0 aliphatic carbocycles. The zero-order chi connectivity index (χ0) is 12.6. The Morgan fingerprint density at radius 3 is 2.35 bits per heavy atom. The molecular weight excluding hydrogens is 212 g/mol. The summed E-state index contributed by atoms with van der Waals surface area (Å²) in [6, 6.07) is 0.438. The van der Waals surface area contributed by atoms with Gasteiger partial charge in [-0.2, -0.15) is 5.10 Å². The zero-order valence-corrected chi connectivity index (χ0v) is 11.3. The molecule has 2 rings (SSSR count). The average molecular weight is 236 g/mol. The minimum Gasteiger partial charge on any atom is -0.326 e. The number of rotatable bonds is 3. The van der Waals surface area contributed by atoms with E-state index in [2.05, 4.69) is 37.0 Å². The van der Waals surface area contributed by atoms with E-state index in [-0.39, 0.29) is 6.04 Å². The fourth-order valence-electron chi connectivity index (χ4n) is 2.84. The molecule has 17 heavy (non-hydrogen) atoms. The molecule has 1 saturated heterocycles. The maximum atomic E-state index is 6.17. The Bertz CT molecular complexity index is 361. The van der Waals surface area contributed by atoms with Gasteiger partial charge in [0, 0.05) is 37.9 Å². The molecule has 1 aromatic heterocycles. The molecule has 0 amide bonds. The summed E-state index contributed by atoms with van der Waals surface area (Å²) in [5, 5.41) is 4.26. The van der Waals surface area contributed by atoms with Gasteiger partial charge in [0.15, 0.2) is 0 Å². The maximum Gasteiger partial charge on any atom is 0.0538 e. The fourth-order valence-corrected chi connectivity index (χ4v) is 2.84. The van der Waals surface area contributed by atoms with Gasteiger partial charge in [0.2, 0.25) is 0 Å². The minimum absolute atomic E-state index is 0.136. The Balaban J connectivity index is 2.19. The van der Waals surface area contributed by atoms with Crippen molar-refractivity contribution < 1.29 is 0 Å². The zero-order valence-electron chi connectivity index (χ0n) is 11.3. The molecule has 0 spiro atoms. The summed E-state index contributed by atoms with van der Waals surface area (Å²) < 4.78 is 1.85. The van der Waals surface area contributed by atoms with Gasteiger partial charge in [-0.15, -0.1) is 0 Å². The molecule has 4 nitrogen and oxygen atoms in total. The maximum absolute atomic E-state index is 6.17. The number of nitrogens with zero attached hydrogens (tertiary/aromatic N) is 3. The van der Waals surface area contributed by atoms with E-state index in [1.165, 1.54) is 5.56 Å². The monoisotopic (exact) mass is 236 g/mol. The Hall–Kier alpha value is -0.870. The molecule has 4 heteroatoms. The van der Waals surface area contributed by atoms with Crippen molar-refractivity contribution in [3.05, 3.63) is 18.0 Å². The first-order valence-corrected chi connectivity index (χ1v) is 6.47. The van der Waals surface area contributed by atoms with E-state index in [0.29, 0.717) is 6.04 Å². The van der Waals surface area contributed by atoms with E-state index >= 15 is 0 Å². The smallest absolute Gasteiger partial charge is 0.0538 e. The number of hydrogen-bond donors (Lipinski definition) is 1. The fraction of sp³-hybridized carbons (Fsp3) is 0.769. The molecule has 1 aromatic rings. The third kappa shape index (κ3) is 2.53. The molecule has 0 aromatic carbocycles. The van der Waals surface area contributed by atoms with Crippen LogP contribution in [0, 0.1) is 11.8 Å². The van der Waals surface area contributed by atoms with Crippen molar-refractivity contribution in [2.45, 2.75) is 32.9 Å². The third-order valence-electron chi connectivity index (χ3n) is 3.97. The van der Waals surface area contributed by atoms with Crippen molar-refractivity contribution >= 4 is 0 Å². The standard InChI is InChI=1S/C13H24N4/c1-9-6-17(7-10(9)2)13(11(3)14)12-5-15-16(4)8-12/h5,8-11,13H,6-7,14H2,1-4H3. The lowest BCUT2D eigenvalue weighted by Gasteiger charge is -2.30. The first-order chi connectivity index (χ1) is 7.99. The second-order valence-corrected chi connectivity index (χ2v) is 5.66. The van der Waals surface area contributed by atoms with Crippen molar-refractivity contribution in [3.63, 3.8) is 0 Å². The molecule has 1 fully saturated rings. The van der Waals surface area contributed by atoms with E-state index in [9.17, 15) is 0 Å². The number of likely N-dealkylation sites (tertiary alicyclic amines) is 1. The number of aromatic nitrogens is 2. The molecule has 4 atom stereocenters. The first kappa shape index (κ1) is 12.6. The first-order valence-electron chi connectivity index (χ1n) is 6.47. The molecule has 0 bridgehead atoms. The summed E-state index contributed by atoms with van der Waals surface area (Å²) in [6.07, 6.45) is 4.03. The molecule has 0 radical (unpaired) electrons. The van der Waals surface area contributed by atoms with Crippen molar-refractivity contribution in [3.8, 4) is 0 Å². The van der Waals surface area contributed by atoms with Crippen LogP contribution in [0.1, 0.15) is 32.4 Å². The molecule has 1 aliphatic heterocycles. The Morgan fingerprint density at radius 2 is 1.94 bits per heavy atom. The molecule has 2 heterocycles. The third-order valence-corrected chi connectivity index (χ3v) is 3.97. The quantitative estimate of drug-likeness (QED) is 0.863. The van der Waals surface area contributed by atoms with E-state index in [0.717, 1.165) is 24.9 Å². The summed E-state index contributed by atoms with van der Waals surface area (Å²) >= 11 is 0. The van der Waals surface area contributed by atoms with Crippen LogP contribution in [0.25, 0.3) is 0 Å². The van der Waals surface area contributed by atoms with Gasteiger partial charge < -0.3 is 5.73 Å². The van der Waals surface area contributed by atoms with Gasteiger partial charge in [-0.1, -0.05) is 13.8 Å². The van der Waals surface area contributed by atoms with Gasteiger partial charge in [-0.05, 0) is 18.8 Å². The van der Waals surface area contributed by atoms with Crippen LogP contribution < -0.4 is 5.73 Å². The van der Waals surface area contributed by atoms with Crippen molar-refractivity contribution in [1.82, 2.24) is 14.7 Å². The van der Waals surface area contributed by atoms with E-state index in [1.807, 2.05) is 17.9 Å². The van der Waals surface area contributed by atoms with Crippen molar-refractivity contribution in [2.75, 3.05) is 13.1 Å². The lowest BCUT2D eigenvalue weighted by molar-refractivity contribution is 0.209. The number of hydrogen-bond acceptors (Lipinski definition) is 3. The van der Waals surface area contributed by atoms with Crippen LogP contribution in [0.2, 0.25) is 0 Å². The highest BCUT2D eigenvalue weighted by Gasteiger charge is 2.33. The SMILES string of the molecule is CC(N)C(c1cnn(C)c1)N1CC(C)C(C)C1. The van der Waals surface area contributed by atoms with Crippen LogP contribution >= 0.6 is 0 Å². The minimum atomic E-state index is 0.136. The number of nitrogens with two attached hydrogens (primary N) is 1. The summed E-state index contributed by atoms with van der Waals surface area (Å²) in [5.41, 5.74) is 7.41. The van der Waals surface area contributed by atoms with Gasteiger partial charge >= 0.3 is 0 Å². The van der Waals surface area contributed by atoms with E-state index in [4.69, 9.17) is 5.73 Å². The van der Waals surface area contributed by atoms with Crippen molar-refractivity contribution in [1.29, 1.82) is 0 Å². The molecule has 2 N–H and O–H groups in total. The predicted molar refractivity (Wildman–Crippen MR) is 69.5 cm³/mol. The molecule has 1 aliphatic rings. The van der Waals surface area contributed by atoms with Crippen LogP contribution in [0.3, 0.4) is 0 Å². The summed E-state index contributed by atoms with van der Waals surface area (Å²) in [5.74, 6) is 1.51. The Kier molecular flexibility index (Phi) is 3.54. The highest BCUT2D eigenvalue weighted by Crippen LogP contribution is 2.32. The molecular formula is C13H24N4. The Morgan fingerprint density at radius 1 is 1.35 bits per heavy atom. The molecule has 96 valence electrons. The molecule has 0 saturated carbocycles. The summed E-state index contributed by atoms with van der Waals surface area (Å²) in [4.78, 5) is 2.51. The topological polar surface area (TPSA) is 47.1 Å². The van der Waals surface area contributed by atoms with Crippen LogP contribution in [0.15, 0.2) is 12.4 Å². The predicted octanol–water partition coefficient (Wildman–Crippen LogP) is 1.40. The van der Waals surface area contributed by atoms with Crippen LogP contribution in [0.4, 0.5) is 0 Å². The van der Waals surface area contributed by atoms with Crippen LogP contribution in [0.5, 0.6) is 0 Å². The lowest BCUT2D eigenvalue weighted by Crippen LogP contribution is -2.38. The van der Waals surface area contributed by atoms with Crippen LogP contribution in [-0.2, 0) is 7.05 Å². The normalized spacial score (nSPS) is 29.5. The van der Waals surface area contributed by atoms with E-state index < -0.39 is 0 Å². The van der Waals surface area contributed by atoms with E-state index in [1.54, 1.807) is 0 Å². The largest absolute Gasteiger partial charge is 0.326 e. The average Bonchev–Trinajstić information content (AvgIpc) is 2.76. The van der Waals surface area contributed by atoms with Gasteiger partial charge in [0.25, 0.3) is 0 Å². The molecule has 4 unspecified atom stereocenters. The van der Waals surface area contributed by atoms with Gasteiger partial charge in [0.1, 0.15) is 0 Å². The van der Waals surface area contributed by atoms with Gasteiger partial charge in [0.05, 0.1) is 12.2 Å². The second-order valence-electron chi connectivity index (χ2n) is 5.66. The van der Waals surface area contributed by atoms with Gasteiger partial charge in [-0.25, -0.2) is 0 Å². The lowest BCUT2D eigenvalue weighted by atomic mass is 10.0. The highest BCUT2D eigenvalue weighted by molar-refractivity contribution is 5.13. The highest BCUT2D eigenvalue weighted by atomic mass is 15.3.